The normalized spacial score (nSPS) is 22.7. The first-order chi connectivity index (χ1) is 8.35. The molecule has 2 atom stereocenters. The Kier molecular flexibility index (Phi) is 5.45. The number of amides is 1. The van der Waals surface area contributed by atoms with E-state index < -0.39 is 5.60 Å². The minimum Gasteiger partial charge on any atom is -0.444 e. The van der Waals surface area contributed by atoms with Gasteiger partial charge in [-0.15, -0.1) is 0 Å². The van der Waals surface area contributed by atoms with Crippen LogP contribution < -0.4 is 5.32 Å². The summed E-state index contributed by atoms with van der Waals surface area (Å²) in [5, 5.41) is 3.41. The van der Waals surface area contributed by atoms with Crippen LogP contribution in [0.15, 0.2) is 0 Å². The second-order valence-electron chi connectivity index (χ2n) is 6.08. The van der Waals surface area contributed by atoms with Gasteiger partial charge in [-0.3, -0.25) is 0 Å². The number of nitrogens with zero attached hydrogens (tertiary/aromatic N) is 1. The van der Waals surface area contributed by atoms with Gasteiger partial charge < -0.3 is 15.0 Å². The lowest BCUT2D eigenvalue weighted by molar-refractivity contribution is 0.00569. The highest BCUT2D eigenvalue weighted by molar-refractivity contribution is 5.68. The molecule has 4 nitrogen and oxygen atoms in total. The van der Waals surface area contributed by atoms with Crippen molar-refractivity contribution in [3.63, 3.8) is 0 Å². The first kappa shape index (κ1) is 15.3. The van der Waals surface area contributed by atoms with Crippen molar-refractivity contribution in [3.8, 4) is 0 Å². The summed E-state index contributed by atoms with van der Waals surface area (Å²) in [7, 11) is 0. The summed E-state index contributed by atoms with van der Waals surface area (Å²) in [5.41, 5.74) is -0.416. The molecule has 0 saturated carbocycles. The molecule has 1 amide bonds. The third kappa shape index (κ3) is 4.48. The SMILES string of the molecule is CCNC(C)C1CCCCN1C(=O)OC(C)(C)C. The maximum Gasteiger partial charge on any atom is 0.410 e. The van der Waals surface area contributed by atoms with Gasteiger partial charge in [-0.1, -0.05) is 6.92 Å². The molecule has 106 valence electrons. The van der Waals surface area contributed by atoms with Crippen LogP contribution in [-0.2, 0) is 4.74 Å². The fraction of sp³-hybridized carbons (Fsp3) is 0.929. The van der Waals surface area contributed by atoms with E-state index in [-0.39, 0.29) is 12.1 Å². The molecule has 4 heteroatoms. The zero-order chi connectivity index (χ0) is 13.8. The van der Waals surface area contributed by atoms with Crippen molar-refractivity contribution in [2.75, 3.05) is 13.1 Å². The summed E-state index contributed by atoms with van der Waals surface area (Å²) in [5.74, 6) is 0. The topological polar surface area (TPSA) is 41.6 Å². The van der Waals surface area contributed by atoms with E-state index >= 15 is 0 Å². The number of piperidine rings is 1. The molecular weight excluding hydrogens is 228 g/mol. The Morgan fingerprint density at radius 2 is 2.11 bits per heavy atom. The zero-order valence-electron chi connectivity index (χ0n) is 12.5. The van der Waals surface area contributed by atoms with Gasteiger partial charge in [0.05, 0.1) is 6.04 Å². The number of likely N-dealkylation sites (tertiary alicyclic amines) is 1. The first-order valence-corrected chi connectivity index (χ1v) is 7.08. The fourth-order valence-corrected chi connectivity index (χ4v) is 2.48. The third-order valence-corrected chi connectivity index (χ3v) is 3.28. The molecular formula is C14H28N2O2. The molecule has 0 aromatic carbocycles. The average molecular weight is 256 g/mol. The molecule has 1 rings (SSSR count). The predicted octanol–water partition coefficient (Wildman–Crippen LogP) is 2.77. The van der Waals surface area contributed by atoms with Crippen molar-refractivity contribution in [1.29, 1.82) is 0 Å². The molecule has 1 aliphatic rings. The summed E-state index contributed by atoms with van der Waals surface area (Å²) in [6.07, 6.45) is 3.17. The molecule has 0 aromatic heterocycles. The Morgan fingerprint density at radius 3 is 2.67 bits per heavy atom. The molecule has 1 N–H and O–H groups in total. The number of likely N-dealkylation sites (N-methyl/N-ethyl adjacent to an activating group) is 1. The van der Waals surface area contributed by atoms with Gasteiger partial charge in [0.2, 0.25) is 0 Å². The maximum absolute atomic E-state index is 12.2. The van der Waals surface area contributed by atoms with E-state index in [0.29, 0.717) is 6.04 Å². The Labute approximate surface area is 111 Å². The molecule has 0 spiro atoms. The predicted molar refractivity (Wildman–Crippen MR) is 73.7 cm³/mol. The first-order valence-electron chi connectivity index (χ1n) is 7.08. The quantitative estimate of drug-likeness (QED) is 0.844. The van der Waals surface area contributed by atoms with E-state index in [0.717, 1.165) is 25.9 Å². The van der Waals surface area contributed by atoms with Gasteiger partial charge in [0.1, 0.15) is 5.60 Å². The van der Waals surface area contributed by atoms with Crippen molar-refractivity contribution in [2.45, 2.75) is 71.6 Å². The molecule has 2 unspecified atom stereocenters. The van der Waals surface area contributed by atoms with Gasteiger partial charge in [0.25, 0.3) is 0 Å². The minimum atomic E-state index is -0.416. The van der Waals surface area contributed by atoms with Crippen LogP contribution in [0.3, 0.4) is 0 Å². The van der Waals surface area contributed by atoms with Crippen LogP contribution in [0.5, 0.6) is 0 Å². The Balaban J connectivity index is 2.67. The van der Waals surface area contributed by atoms with Gasteiger partial charge in [-0.2, -0.15) is 0 Å². The van der Waals surface area contributed by atoms with E-state index in [1.807, 2.05) is 25.7 Å². The van der Waals surface area contributed by atoms with E-state index in [1.165, 1.54) is 6.42 Å². The largest absolute Gasteiger partial charge is 0.444 e. The van der Waals surface area contributed by atoms with Crippen LogP contribution in [0.1, 0.15) is 53.9 Å². The smallest absolute Gasteiger partial charge is 0.410 e. The molecule has 0 bridgehead atoms. The Morgan fingerprint density at radius 1 is 1.44 bits per heavy atom. The number of carbonyl (C=O) groups excluding carboxylic acids is 1. The van der Waals surface area contributed by atoms with E-state index in [2.05, 4.69) is 19.2 Å². The lowest BCUT2D eigenvalue weighted by atomic mass is 9.97. The molecule has 18 heavy (non-hydrogen) atoms. The maximum atomic E-state index is 12.2. The Hall–Kier alpha value is -0.770. The molecule has 1 fully saturated rings. The summed E-state index contributed by atoms with van der Waals surface area (Å²) >= 11 is 0. The van der Waals surface area contributed by atoms with Crippen molar-refractivity contribution in [1.82, 2.24) is 10.2 Å². The summed E-state index contributed by atoms with van der Waals surface area (Å²) in [6.45, 7) is 11.7. The number of hydrogen-bond acceptors (Lipinski definition) is 3. The third-order valence-electron chi connectivity index (χ3n) is 3.28. The van der Waals surface area contributed by atoms with Crippen molar-refractivity contribution < 1.29 is 9.53 Å². The molecule has 1 saturated heterocycles. The minimum absolute atomic E-state index is 0.169. The standard InChI is InChI=1S/C14H28N2O2/c1-6-15-11(2)12-9-7-8-10-16(12)13(17)18-14(3,4)5/h11-12,15H,6-10H2,1-5H3. The van der Waals surface area contributed by atoms with Crippen LogP contribution in [0.25, 0.3) is 0 Å². The monoisotopic (exact) mass is 256 g/mol. The van der Waals surface area contributed by atoms with Gasteiger partial charge in [0, 0.05) is 12.6 Å². The molecule has 1 heterocycles. The second-order valence-corrected chi connectivity index (χ2v) is 6.08. The van der Waals surface area contributed by atoms with Crippen LogP contribution in [0.2, 0.25) is 0 Å². The highest BCUT2D eigenvalue weighted by atomic mass is 16.6. The summed E-state index contributed by atoms with van der Waals surface area (Å²) in [4.78, 5) is 14.1. The lowest BCUT2D eigenvalue weighted by Gasteiger charge is -2.40. The molecule has 1 aliphatic heterocycles. The van der Waals surface area contributed by atoms with Crippen molar-refractivity contribution in [2.24, 2.45) is 0 Å². The van der Waals surface area contributed by atoms with Crippen LogP contribution in [0.4, 0.5) is 4.79 Å². The summed E-state index contributed by atoms with van der Waals surface area (Å²) < 4.78 is 5.49. The number of hydrogen-bond donors (Lipinski definition) is 1. The van der Waals surface area contributed by atoms with Gasteiger partial charge >= 0.3 is 6.09 Å². The number of carbonyl (C=O) groups is 1. The van der Waals surface area contributed by atoms with Gasteiger partial charge in [-0.25, -0.2) is 4.79 Å². The second kappa shape index (κ2) is 6.41. The van der Waals surface area contributed by atoms with Crippen LogP contribution in [0, 0.1) is 0 Å². The van der Waals surface area contributed by atoms with Crippen LogP contribution in [-0.4, -0.2) is 41.8 Å². The number of rotatable bonds is 3. The zero-order valence-corrected chi connectivity index (χ0v) is 12.5. The van der Waals surface area contributed by atoms with Gasteiger partial charge in [0.15, 0.2) is 0 Å². The van der Waals surface area contributed by atoms with Gasteiger partial charge in [-0.05, 0) is 53.5 Å². The van der Waals surface area contributed by atoms with Crippen molar-refractivity contribution >= 4 is 6.09 Å². The van der Waals surface area contributed by atoms with E-state index in [1.54, 1.807) is 0 Å². The van der Waals surface area contributed by atoms with E-state index in [4.69, 9.17) is 4.74 Å². The highest BCUT2D eigenvalue weighted by Gasteiger charge is 2.33. The number of ether oxygens (including phenoxy) is 1. The Bertz CT molecular complexity index is 273. The molecule has 0 aromatic rings. The molecule has 0 aliphatic carbocycles. The van der Waals surface area contributed by atoms with Crippen molar-refractivity contribution in [3.05, 3.63) is 0 Å². The summed E-state index contributed by atoms with van der Waals surface area (Å²) in [6, 6.07) is 0.580. The highest BCUT2D eigenvalue weighted by Crippen LogP contribution is 2.22. The molecule has 0 radical (unpaired) electrons. The lowest BCUT2D eigenvalue weighted by Crippen LogP contribution is -2.54. The van der Waals surface area contributed by atoms with Crippen LogP contribution >= 0.6 is 0 Å². The average Bonchev–Trinajstić information content (AvgIpc) is 2.27. The van der Waals surface area contributed by atoms with E-state index in [9.17, 15) is 4.79 Å². The fourth-order valence-electron chi connectivity index (χ4n) is 2.48. The number of nitrogens with one attached hydrogen (secondary N) is 1.